The quantitative estimate of drug-likeness (QED) is 0.400. The summed E-state index contributed by atoms with van der Waals surface area (Å²) < 4.78 is 18.8. The van der Waals surface area contributed by atoms with Gasteiger partial charge in [0.25, 0.3) is 0 Å². The van der Waals surface area contributed by atoms with Crippen LogP contribution in [0.4, 0.5) is 15.8 Å². The molecule has 1 aliphatic heterocycles. The zero-order valence-corrected chi connectivity index (χ0v) is 13.3. The van der Waals surface area contributed by atoms with Crippen LogP contribution in [0.3, 0.4) is 0 Å². The SMILES string of the molecule is O=C(Oc1ccc2c(c1)Sc1cc(F)ccc1N2)c1ccccc1. The van der Waals surface area contributed by atoms with Crippen LogP contribution in [0.15, 0.2) is 76.5 Å². The molecule has 1 N–H and O–H groups in total. The summed E-state index contributed by atoms with van der Waals surface area (Å²) in [6.07, 6.45) is 0. The van der Waals surface area contributed by atoms with Crippen molar-refractivity contribution >= 4 is 29.1 Å². The molecular weight excluding hydrogens is 325 g/mol. The Balaban J connectivity index is 1.59. The Morgan fingerprint density at radius 2 is 1.62 bits per heavy atom. The maximum absolute atomic E-state index is 13.4. The number of hydrogen-bond acceptors (Lipinski definition) is 4. The molecule has 0 spiro atoms. The minimum absolute atomic E-state index is 0.279. The van der Waals surface area contributed by atoms with E-state index in [1.165, 1.54) is 23.9 Å². The van der Waals surface area contributed by atoms with Gasteiger partial charge >= 0.3 is 5.97 Å². The number of carbonyl (C=O) groups is 1. The summed E-state index contributed by atoms with van der Waals surface area (Å²) in [5, 5.41) is 3.25. The third-order valence-corrected chi connectivity index (χ3v) is 4.72. The summed E-state index contributed by atoms with van der Waals surface area (Å²) in [4.78, 5) is 13.8. The van der Waals surface area contributed by atoms with Crippen LogP contribution >= 0.6 is 11.8 Å². The molecule has 1 heterocycles. The molecule has 0 aromatic heterocycles. The van der Waals surface area contributed by atoms with Crippen molar-refractivity contribution in [3.05, 3.63) is 78.1 Å². The molecule has 1 aliphatic rings. The lowest BCUT2D eigenvalue weighted by atomic mass is 10.2. The molecule has 4 rings (SSSR count). The van der Waals surface area contributed by atoms with Gasteiger partial charge in [-0.3, -0.25) is 0 Å². The first-order chi connectivity index (χ1) is 11.7. The summed E-state index contributed by atoms with van der Waals surface area (Å²) in [5.41, 5.74) is 2.26. The Kier molecular flexibility index (Phi) is 3.70. The summed E-state index contributed by atoms with van der Waals surface area (Å²) in [6, 6.07) is 18.8. The summed E-state index contributed by atoms with van der Waals surface area (Å²) in [7, 11) is 0. The van der Waals surface area contributed by atoms with E-state index in [1.807, 2.05) is 12.1 Å². The van der Waals surface area contributed by atoms with E-state index in [4.69, 9.17) is 4.74 Å². The Morgan fingerprint density at radius 3 is 2.42 bits per heavy atom. The van der Waals surface area contributed by atoms with E-state index in [0.29, 0.717) is 11.3 Å². The van der Waals surface area contributed by atoms with Crippen molar-refractivity contribution in [1.82, 2.24) is 0 Å². The Labute approximate surface area is 142 Å². The maximum Gasteiger partial charge on any atom is 0.343 e. The van der Waals surface area contributed by atoms with Crippen molar-refractivity contribution < 1.29 is 13.9 Å². The zero-order chi connectivity index (χ0) is 16.5. The second-order valence-electron chi connectivity index (χ2n) is 5.28. The van der Waals surface area contributed by atoms with E-state index in [9.17, 15) is 9.18 Å². The Bertz CT molecular complexity index is 928. The monoisotopic (exact) mass is 337 g/mol. The van der Waals surface area contributed by atoms with Gasteiger partial charge in [0, 0.05) is 9.79 Å². The minimum atomic E-state index is -0.407. The molecule has 118 valence electrons. The summed E-state index contributed by atoms with van der Waals surface area (Å²) >= 11 is 1.44. The molecule has 3 nitrogen and oxygen atoms in total. The normalized spacial score (nSPS) is 11.9. The number of fused-ring (bicyclic) bond motifs is 2. The highest BCUT2D eigenvalue weighted by molar-refractivity contribution is 7.99. The molecule has 3 aromatic carbocycles. The molecule has 0 saturated heterocycles. The molecule has 3 aromatic rings. The van der Waals surface area contributed by atoms with Crippen molar-refractivity contribution in [2.45, 2.75) is 9.79 Å². The molecule has 0 radical (unpaired) electrons. The second kappa shape index (κ2) is 6.02. The second-order valence-corrected chi connectivity index (χ2v) is 6.36. The van der Waals surface area contributed by atoms with Crippen LogP contribution < -0.4 is 10.1 Å². The first kappa shape index (κ1) is 14.8. The van der Waals surface area contributed by atoms with E-state index in [1.54, 1.807) is 42.5 Å². The topological polar surface area (TPSA) is 38.3 Å². The van der Waals surface area contributed by atoms with E-state index >= 15 is 0 Å². The van der Waals surface area contributed by atoms with Crippen LogP contribution in [-0.2, 0) is 0 Å². The first-order valence-electron chi connectivity index (χ1n) is 7.35. The van der Waals surface area contributed by atoms with Gasteiger partial charge in [0.05, 0.1) is 16.9 Å². The molecule has 0 aliphatic carbocycles. The van der Waals surface area contributed by atoms with E-state index in [-0.39, 0.29) is 5.82 Å². The van der Waals surface area contributed by atoms with Crippen LogP contribution in [-0.4, -0.2) is 5.97 Å². The van der Waals surface area contributed by atoms with Crippen molar-refractivity contribution in [3.63, 3.8) is 0 Å². The molecule has 0 atom stereocenters. The van der Waals surface area contributed by atoms with E-state index in [0.717, 1.165) is 21.2 Å². The highest BCUT2D eigenvalue weighted by Gasteiger charge is 2.18. The number of esters is 1. The minimum Gasteiger partial charge on any atom is -0.423 e. The van der Waals surface area contributed by atoms with Crippen molar-refractivity contribution in [2.75, 3.05) is 5.32 Å². The fourth-order valence-electron chi connectivity index (χ4n) is 2.44. The predicted octanol–water partition coefficient (Wildman–Crippen LogP) is 5.25. The standard InChI is InChI=1S/C19H12FNO2S/c20-13-6-8-15-17(10-13)24-18-11-14(7-9-16(18)21-15)23-19(22)12-4-2-1-3-5-12/h1-11,21H. The zero-order valence-electron chi connectivity index (χ0n) is 12.5. The molecule has 0 saturated carbocycles. The number of rotatable bonds is 2. The van der Waals surface area contributed by atoms with Gasteiger partial charge in [0.2, 0.25) is 0 Å². The largest absolute Gasteiger partial charge is 0.423 e. The van der Waals surface area contributed by atoms with Crippen molar-refractivity contribution in [3.8, 4) is 5.75 Å². The summed E-state index contributed by atoms with van der Waals surface area (Å²) in [5.74, 6) is -0.231. The van der Waals surface area contributed by atoms with Gasteiger partial charge in [-0.05, 0) is 48.5 Å². The van der Waals surface area contributed by atoms with Crippen LogP contribution in [0.2, 0.25) is 0 Å². The van der Waals surface area contributed by atoms with Gasteiger partial charge in [-0.15, -0.1) is 0 Å². The third-order valence-electron chi connectivity index (χ3n) is 3.61. The van der Waals surface area contributed by atoms with Crippen molar-refractivity contribution in [2.24, 2.45) is 0 Å². The van der Waals surface area contributed by atoms with Gasteiger partial charge in [-0.25, -0.2) is 9.18 Å². The smallest absolute Gasteiger partial charge is 0.343 e. The number of halogens is 1. The number of benzene rings is 3. The predicted molar refractivity (Wildman–Crippen MR) is 91.6 cm³/mol. The average molecular weight is 337 g/mol. The maximum atomic E-state index is 13.4. The molecule has 5 heteroatoms. The lowest BCUT2D eigenvalue weighted by molar-refractivity contribution is 0.0734. The number of carbonyl (C=O) groups excluding carboxylic acids is 1. The Morgan fingerprint density at radius 1 is 0.917 bits per heavy atom. The van der Waals surface area contributed by atoms with Gasteiger partial charge in [0.1, 0.15) is 11.6 Å². The highest BCUT2D eigenvalue weighted by Crippen LogP contribution is 2.45. The van der Waals surface area contributed by atoms with Crippen LogP contribution in [0, 0.1) is 5.82 Å². The first-order valence-corrected chi connectivity index (χ1v) is 8.16. The fraction of sp³-hybridized carbons (Fsp3) is 0. The third kappa shape index (κ3) is 2.86. The highest BCUT2D eigenvalue weighted by atomic mass is 32.2. The number of ether oxygens (including phenoxy) is 1. The molecule has 0 amide bonds. The molecule has 0 unspecified atom stereocenters. The van der Waals surface area contributed by atoms with Crippen molar-refractivity contribution in [1.29, 1.82) is 0 Å². The van der Waals surface area contributed by atoms with E-state index < -0.39 is 5.97 Å². The van der Waals surface area contributed by atoms with Crippen LogP contribution in [0.1, 0.15) is 10.4 Å². The van der Waals surface area contributed by atoms with Gasteiger partial charge in [0.15, 0.2) is 0 Å². The molecule has 24 heavy (non-hydrogen) atoms. The fourth-order valence-corrected chi connectivity index (χ4v) is 3.48. The number of hydrogen-bond donors (Lipinski definition) is 1. The lowest BCUT2D eigenvalue weighted by Gasteiger charge is -2.21. The number of nitrogens with one attached hydrogen (secondary N) is 1. The van der Waals surface area contributed by atoms with Crippen LogP contribution in [0.25, 0.3) is 0 Å². The molecular formula is C19H12FNO2S. The number of anilines is 2. The van der Waals surface area contributed by atoms with E-state index in [2.05, 4.69) is 5.32 Å². The average Bonchev–Trinajstić information content (AvgIpc) is 2.60. The molecule has 0 fully saturated rings. The van der Waals surface area contributed by atoms with Gasteiger partial charge in [-0.1, -0.05) is 30.0 Å². The van der Waals surface area contributed by atoms with Gasteiger partial charge < -0.3 is 10.1 Å². The lowest BCUT2D eigenvalue weighted by Crippen LogP contribution is -2.08. The summed E-state index contributed by atoms with van der Waals surface area (Å²) in [6.45, 7) is 0. The Hall–Kier alpha value is -2.79. The molecule has 0 bridgehead atoms. The van der Waals surface area contributed by atoms with Gasteiger partial charge in [-0.2, -0.15) is 0 Å². The van der Waals surface area contributed by atoms with Crippen LogP contribution in [0.5, 0.6) is 5.75 Å².